The van der Waals surface area contributed by atoms with Crippen molar-refractivity contribution in [1.82, 2.24) is 4.98 Å². The molecule has 0 aliphatic rings. The molecule has 3 nitrogen and oxygen atoms in total. The van der Waals surface area contributed by atoms with Gasteiger partial charge in [0.2, 0.25) is 0 Å². The summed E-state index contributed by atoms with van der Waals surface area (Å²) in [5.41, 5.74) is 0.995. The first kappa shape index (κ1) is 11.9. The smallest absolute Gasteiger partial charge is 0.169 e. The van der Waals surface area contributed by atoms with Crippen molar-refractivity contribution in [2.45, 2.75) is 0 Å². The Morgan fingerprint density at radius 3 is 2.76 bits per heavy atom. The fourth-order valence-corrected chi connectivity index (χ4v) is 1.87. The number of hydrogen-bond acceptors (Lipinski definition) is 3. The van der Waals surface area contributed by atoms with Gasteiger partial charge < -0.3 is 4.42 Å². The van der Waals surface area contributed by atoms with Crippen LogP contribution >= 0.6 is 27.5 Å². The molecule has 0 N–H and O–H groups in total. The van der Waals surface area contributed by atoms with Gasteiger partial charge in [-0.05, 0) is 34.1 Å². The highest BCUT2D eigenvalue weighted by Crippen LogP contribution is 2.31. The number of hydrogen-bond donors (Lipinski definition) is 0. The van der Waals surface area contributed by atoms with Crippen molar-refractivity contribution in [2.75, 3.05) is 0 Å². The van der Waals surface area contributed by atoms with Gasteiger partial charge >= 0.3 is 0 Å². The predicted molar refractivity (Wildman–Crippen MR) is 68.9 cm³/mol. The third kappa shape index (κ3) is 2.57. The highest BCUT2D eigenvalue weighted by molar-refractivity contribution is 9.10. The molecular formula is C12H6BrClN2O. The van der Waals surface area contributed by atoms with Crippen LogP contribution in [0.5, 0.6) is 0 Å². The zero-order valence-electron chi connectivity index (χ0n) is 8.52. The summed E-state index contributed by atoms with van der Waals surface area (Å²) in [5.74, 6) is 0.443. The fourth-order valence-electron chi connectivity index (χ4n) is 1.31. The van der Waals surface area contributed by atoms with Crippen LogP contribution < -0.4 is 0 Å². The molecule has 0 spiro atoms. The van der Waals surface area contributed by atoms with E-state index in [1.165, 1.54) is 0 Å². The second-order valence-electron chi connectivity index (χ2n) is 3.15. The third-order valence-corrected chi connectivity index (χ3v) is 2.87. The molecule has 0 radical (unpaired) electrons. The summed E-state index contributed by atoms with van der Waals surface area (Å²) < 4.78 is 5.87. The van der Waals surface area contributed by atoms with Crippen LogP contribution in [0.3, 0.4) is 0 Å². The molecule has 2 heterocycles. The molecule has 0 saturated carbocycles. The van der Waals surface area contributed by atoms with Gasteiger partial charge in [-0.2, -0.15) is 5.26 Å². The molecular weight excluding hydrogens is 304 g/mol. The number of halogens is 2. The minimum absolute atomic E-state index is 0.270. The molecule has 2 aromatic rings. The van der Waals surface area contributed by atoms with E-state index in [1.54, 1.807) is 36.7 Å². The van der Waals surface area contributed by atoms with Crippen molar-refractivity contribution in [2.24, 2.45) is 0 Å². The molecule has 2 aromatic heterocycles. The van der Waals surface area contributed by atoms with Crippen molar-refractivity contribution in [3.63, 3.8) is 0 Å². The predicted octanol–water partition coefficient (Wildman–Crippen LogP) is 4.07. The van der Waals surface area contributed by atoms with Gasteiger partial charge in [-0.1, -0.05) is 17.7 Å². The summed E-state index contributed by atoms with van der Waals surface area (Å²) in [6.45, 7) is 0. The number of allylic oxidation sites excluding steroid dienone is 1. The van der Waals surface area contributed by atoms with Crippen LogP contribution in [0, 0.1) is 11.3 Å². The Hall–Kier alpha value is -1.57. The summed E-state index contributed by atoms with van der Waals surface area (Å²) in [6, 6.07) is 8.99. The summed E-state index contributed by atoms with van der Waals surface area (Å²) in [7, 11) is 0. The maximum absolute atomic E-state index is 9.14. The Morgan fingerprint density at radius 2 is 2.24 bits per heavy atom. The number of nitrogens with zero attached hydrogens (tertiary/aromatic N) is 2. The lowest BCUT2D eigenvalue weighted by Crippen LogP contribution is -1.85. The van der Waals surface area contributed by atoms with Crippen LogP contribution in [0.15, 0.2) is 45.7 Å². The van der Waals surface area contributed by atoms with E-state index in [1.807, 2.05) is 0 Å². The number of furan rings is 1. The number of aromatic nitrogens is 1. The van der Waals surface area contributed by atoms with E-state index in [9.17, 15) is 0 Å². The third-order valence-electron chi connectivity index (χ3n) is 2.07. The second-order valence-corrected chi connectivity index (χ2v) is 4.31. The first-order valence-corrected chi connectivity index (χ1v) is 5.85. The van der Waals surface area contributed by atoms with Crippen LogP contribution in [0.2, 0.25) is 0 Å². The lowest BCUT2D eigenvalue weighted by Gasteiger charge is -2.00. The molecule has 0 saturated heterocycles. The molecule has 0 aliphatic carbocycles. The minimum atomic E-state index is 0.270. The lowest BCUT2D eigenvalue weighted by molar-refractivity contribution is 0.530. The summed E-state index contributed by atoms with van der Waals surface area (Å²) in [4.78, 5) is 3.95. The quantitative estimate of drug-likeness (QED) is 0.786. The van der Waals surface area contributed by atoms with E-state index >= 15 is 0 Å². The first-order chi connectivity index (χ1) is 8.22. The Labute approximate surface area is 111 Å². The maximum atomic E-state index is 9.14. The number of rotatable bonds is 2. The lowest BCUT2D eigenvalue weighted by atomic mass is 10.1. The molecule has 2 rings (SSSR count). The molecule has 0 unspecified atom stereocenters. The Kier molecular flexibility index (Phi) is 3.62. The molecule has 17 heavy (non-hydrogen) atoms. The van der Waals surface area contributed by atoms with Crippen molar-refractivity contribution >= 4 is 38.1 Å². The monoisotopic (exact) mass is 308 g/mol. The van der Waals surface area contributed by atoms with Crippen LogP contribution in [0.25, 0.3) is 10.6 Å². The van der Waals surface area contributed by atoms with Crippen LogP contribution in [-0.2, 0) is 0 Å². The Bertz CT molecular complexity index is 598. The minimum Gasteiger partial charge on any atom is -0.448 e. The van der Waals surface area contributed by atoms with Gasteiger partial charge in [-0.3, -0.25) is 4.98 Å². The molecule has 84 valence electrons. The van der Waals surface area contributed by atoms with E-state index in [-0.39, 0.29) is 5.03 Å². The SMILES string of the molecule is N#C/C(=C(/Cl)c1ccc(Br)o1)c1cccnc1. The molecule has 0 aromatic carbocycles. The normalized spacial score (nSPS) is 11.8. The maximum Gasteiger partial charge on any atom is 0.169 e. The van der Waals surface area contributed by atoms with Gasteiger partial charge in [0.15, 0.2) is 4.67 Å². The topological polar surface area (TPSA) is 49.8 Å². The number of nitriles is 1. The van der Waals surface area contributed by atoms with Crippen LogP contribution in [0.1, 0.15) is 11.3 Å². The molecule has 0 aliphatic heterocycles. The van der Waals surface area contributed by atoms with Crippen molar-refractivity contribution in [1.29, 1.82) is 5.26 Å². The van der Waals surface area contributed by atoms with E-state index < -0.39 is 0 Å². The summed E-state index contributed by atoms with van der Waals surface area (Å²) in [6.07, 6.45) is 3.22. The van der Waals surface area contributed by atoms with Gasteiger partial charge in [-0.25, -0.2) is 0 Å². The van der Waals surface area contributed by atoms with Crippen molar-refractivity contribution in [3.05, 3.63) is 52.7 Å². The zero-order valence-corrected chi connectivity index (χ0v) is 10.9. The molecule has 0 amide bonds. The van der Waals surface area contributed by atoms with Crippen LogP contribution in [-0.4, -0.2) is 4.98 Å². The number of pyridine rings is 1. The van der Waals surface area contributed by atoms with Crippen molar-refractivity contribution < 1.29 is 4.42 Å². The Morgan fingerprint density at radius 1 is 1.41 bits per heavy atom. The second kappa shape index (κ2) is 5.17. The largest absolute Gasteiger partial charge is 0.448 e. The van der Waals surface area contributed by atoms with Crippen molar-refractivity contribution in [3.8, 4) is 6.07 Å². The average Bonchev–Trinajstić information content (AvgIpc) is 2.78. The molecule has 0 bridgehead atoms. The van der Waals surface area contributed by atoms with Crippen LogP contribution in [0.4, 0.5) is 0 Å². The summed E-state index contributed by atoms with van der Waals surface area (Å²) in [5, 5.41) is 9.41. The Balaban J connectivity index is 2.52. The van der Waals surface area contributed by atoms with E-state index in [2.05, 4.69) is 27.0 Å². The highest BCUT2D eigenvalue weighted by atomic mass is 79.9. The molecule has 0 fully saturated rings. The zero-order chi connectivity index (χ0) is 12.3. The van der Waals surface area contributed by atoms with Gasteiger partial charge in [-0.15, -0.1) is 0 Å². The van der Waals surface area contributed by atoms with Gasteiger partial charge in [0, 0.05) is 18.0 Å². The van der Waals surface area contributed by atoms with E-state index in [0.29, 0.717) is 21.6 Å². The molecule has 0 atom stereocenters. The average molecular weight is 310 g/mol. The first-order valence-electron chi connectivity index (χ1n) is 4.68. The fraction of sp³-hybridized carbons (Fsp3) is 0. The van der Waals surface area contributed by atoms with E-state index in [4.69, 9.17) is 21.3 Å². The standard InChI is InChI=1S/C12H6BrClN2O/c13-11-4-3-10(17-11)12(14)9(6-15)8-2-1-5-16-7-8/h1-5,7H/b12-9-. The molecule has 5 heteroatoms. The van der Waals surface area contributed by atoms with Gasteiger partial charge in [0.05, 0.1) is 5.57 Å². The summed E-state index contributed by atoms with van der Waals surface area (Å²) >= 11 is 9.32. The van der Waals surface area contributed by atoms with Gasteiger partial charge in [0.25, 0.3) is 0 Å². The van der Waals surface area contributed by atoms with E-state index in [0.717, 1.165) is 0 Å². The highest BCUT2D eigenvalue weighted by Gasteiger charge is 2.12. The van der Waals surface area contributed by atoms with Gasteiger partial charge in [0.1, 0.15) is 16.9 Å².